The van der Waals surface area contributed by atoms with Gasteiger partial charge in [0.2, 0.25) is 0 Å². The van der Waals surface area contributed by atoms with E-state index in [-0.39, 0.29) is 6.03 Å². The molecule has 1 saturated heterocycles. The smallest absolute Gasteiger partial charge is 0.314 e. The Morgan fingerprint density at radius 3 is 2.52 bits per heavy atom. The average molecular weight is 289 g/mol. The molecule has 2 rings (SSSR count). The van der Waals surface area contributed by atoms with Crippen LogP contribution in [-0.4, -0.2) is 36.1 Å². The minimum Gasteiger partial charge on any atom is -0.351 e. The van der Waals surface area contributed by atoms with E-state index < -0.39 is 0 Å². The van der Waals surface area contributed by atoms with Gasteiger partial charge in [0.25, 0.3) is 0 Å². The number of likely N-dealkylation sites (tertiary alicyclic amines) is 1. The first-order chi connectivity index (χ1) is 10.0. The second-order valence-electron chi connectivity index (χ2n) is 6.19. The zero-order chi connectivity index (χ0) is 15.2. The summed E-state index contributed by atoms with van der Waals surface area (Å²) in [7, 11) is 0. The van der Waals surface area contributed by atoms with E-state index in [9.17, 15) is 4.79 Å². The van der Waals surface area contributed by atoms with Crippen LogP contribution in [0.1, 0.15) is 37.3 Å². The van der Waals surface area contributed by atoms with Gasteiger partial charge in [-0.2, -0.15) is 0 Å². The van der Waals surface area contributed by atoms with E-state index in [1.165, 1.54) is 11.1 Å². The van der Waals surface area contributed by atoms with Crippen molar-refractivity contribution in [1.29, 1.82) is 0 Å². The van der Waals surface area contributed by atoms with Crippen molar-refractivity contribution in [2.45, 2.75) is 51.6 Å². The maximum absolute atomic E-state index is 11.1. The number of nitrogens with zero attached hydrogens (tertiary/aromatic N) is 1. The normalized spacial score (nSPS) is 17.7. The second-order valence-corrected chi connectivity index (χ2v) is 6.19. The van der Waals surface area contributed by atoms with Crippen LogP contribution in [0.25, 0.3) is 0 Å². The molecule has 4 heteroatoms. The van der Waals surface area contributed by atoms with Crippen LogP contribution >= 0.6 is 0 Å². The zero-order valence-electron chi connectivity index (χ0n) is 13.1. The van der Waals surface area contributed by atoms with Crippen LogP contribution in [0, 0.1) is 6.92 Å². The first-order valence-corrected chi connectivity index (χ1v) is 7.90. The van der Waals surface area contributed by atoms with Crippen LogP contribution in [0.3, 0.4) is 0 Å². The number of hydrogen-bond acceptors (Lipinski definition) is 2. The molecule has 0 spiro atoms. The SMILES string of the molecule is Cc1ccc(CC[C@@H](C)NC2CCN(C(N)=O)CC2)cc1. The van der Waals surface area contributed by atoms with E-state index in [4.69, 9.17) is 5.73 Å². The predicted octanol–water partition coefficient (Wildman–Crippen LogP) is 2.45. The number of carbonyl (C=O) groups is 1. The fraction of sp³-hybridized carbons (Fsp3) is 0.588. The molecule has 1 aromatic carbocycles. The fourth-order valence-corrected chi connectivity index (χ4v) is 2.89. The maximum Gasteiger partial charge on any atom is 0.314 e. The molecule has 1 aliphatic rings. The summed E-state index contributed by atoms with van der Waals surface area (Å²) < 4.78 is 0. The van der Waals surface area contributed by atoms with Crippen LogP contribution in [0.4, 0.5) is 4.79 Å². The van der Waals surface area contributed by atoms with Gasteiger partial charge >= 0.3 is 6.03 Å². The second kappa shape index (κ2) is 7.46. The van der Waals surface area contributed by atoms with Crippen molar-refractivity contribution in [1.82, 2.24) is 10.2 Å². The maximum atomic E-state index is 11.1. The molecule has 4 nitrogen and oxygen atoms in total. The highest BCUT2D eigenvalue weighted by Gasteiger charge is 2.21. The van der Waals surface area contributed by atoms with E-state index in [0.29, 0.717) is 12.1 Å². The summed E-state index contributed by atoms with van der Waals surface area (Å²) in [6.07, 6.45) is 4.24. The number of hydrogen-bond donors (Lipinski definition) is 2. The van der Waals surface area contributed by atoms with E-state index in [1.54, 1.807) is 4.90 Å². The molecule has 21 heavy (non-hydrogen) atoms. The van der Waals surface area contributed by atoms with Crippen LogP contribution in [-0.2, 0) is 6.42 Å². The highest BCUT2D eigenvalue weighted by Crippen LogP contribution is 2.13. The molecule has 1 heterocycles. The Hall–Kier alpha value is -1.55. The molecule has 0 aliphatic carbocycles. The molecule has 0 saturated carbocycles. The number of benzene rings is 1. The van der Waals surface area contributed by atoms with Crippen molar-refractivity contribution in [3.05, 3.63) is 35.4 Å². The summed E-state index contributed by atoms with van der Waals surface area (Å²) >= 11 is 0. The minimum atomic E-state index is -0.291. The highest BCUT2D eigenvalue weighted by molar-refractivity contribution is 5.72. The van der Waals surface area contributed by atoms with E-state index in [1.807, 2.05) is 0 Å². The number of aryl methyl sites for hydroxylation is 2. The Morgan fingerprint density at radius 1 is 1.33 bits per heavy atom. The number of nitrogens with one attached hydrogen (secondary N) is 1. The van der Waals surface area contributed by atoms with Gasteiger partial charge in [-0.05, 0) is 45.1 Å². The number of amides is 2. The highest BCUT2D eigenvalue weighted by atomic mass is 16.2. The Bertz CT molecular complexity index is 450. The molecule has 0 unspecified atom stereocenters. The van der Waals surface area contributed by atoms with E-state index in [0.717, 1.165) is 38.8 Å². The van der Waals surface area contributed by atoms with Crippen LogP contribution in [0.5, 0.6) is 0 Å². The number of urea groups is 1. The molecule has 0 radical (unpaired) electrons. The van der Waals surface area contributed by atoms with Crippen molar-refractivity contribution in [3.8, 4) is 0 Å². The Balaban J connectivity index is 1.69. The predicted molar refractivity (Wildman–Crippen MR) is 86.3 cm³/mol. The van der Waals surface area contributed by atoms with Crippen molar-refractivity contribution in [3.63, 3.8) is 0 Å². The van der Waals surface area contributed by atoms with Crippen molar-refractivity contribution >= 4 is 6.03 Å². The number of primary amides is 1. The zero-order valence-corrected chi connectivity index (χ0v) is 13.1. The molecule has 1 atom stereocenters. The van der Waals surface area contributed by atoms with Crippen LogP contribution in [0.2, 0.25) is 0 Å². The number of rotatable bonds is 5. The van der Waals surface area contributed by atoms with Crippen molar-refractivity contribution in [2.24, 2.45) is 5.73 Å². The van der Waals surface area contributed by atoms with Crippen molar-refractivity contribution < 1.29 is 4.79 Å². The summed E-state index contributed by atoms with van der Waals surface area (Å²) in [6, 6.07) is 9.49. The lowest BCUT2D eigenvalue weighted by atomic mass is 10.0. The van der Waals surface area contributed by atoms with Gasteiger partial charge in [0.05, 0.1) is 0 Å². The fourth-order valence-electron chi connectivity index (χ4n) is 2.89. The molecular formula is C17H27N3O. The van der Waals surface area contributed by atoms with Gasteiger partial charge in [0, 0.05) is 25.2 Å². The summed E-state index contributed by atoms with van der Waals surface area (Å²) in [5, 5.41) is 3.68. The lowest BCUT2D eigenvalue weighted by Crippen LogP contribution is -2.48. The molecule has 0 aromatic heterocycles. The molecule has 1 fully saturated rings. The standard InChI is InChI=1S/C17H27N3O/c1-13-3-6-15(7-4-13)8-5-14(2)19-16-9-11-20(12-10-16)17(18)21/h3-4,6-7,14,16,19H,5,8-12H2,1-2H3,(H2,18,21)/t14-/m1/s1. The van der Waals surface area contributed by atoms with E-state index in [2.05, 4.69) is 43.4 Å². The Labute approximate surface area is 127 Å². The van der Waals surface area contributed by atoms with Gasteiger partial charge in [0.15, 0.2) is 0 Å². The summed E-state index contributed by atoms with van der Waals surface area (Å²) in [5.74, 6) is 0. The van der Waals surface area contributed by atoms with Gasteiger partial charge < -0.3 is 16.0 Å². The number of piperidine rings is 1. The lowest BCUT2D eigenvalue weighted by Gasteiger charge is -2.33. The van der Waals surface area contributed by atoms with Gasteiger partial charge in [-0.1, -0.05) is 29.8 Å². The average Bonchev–Trinajstić information content (AvgIpc) is 2.47. The van der Waals surface area contributed by atoms with Gasteiger partial charge in [-0.25, -0.2) is 4.79 Å². The molecular weight excluding hydrogens is 262 g/mol. The van der Waals surface area contributed by atoms with E-state index >= 15 is 0 Å². The first kappa shape index (κ1) is 15.8. The Kier molecular flexibility index (Phi) is 5.62. The molecule has 1 aromatic rings. The van der Waals surface area contributed by atoms with Gasteiger partial charge in [0.1, 0.15) is 0 Å². The van der Waals surface area contributed by atoms with Gasteiger partial charge in [-0.3, -0.25) is 0 Å². The third-order valence-corrected chi connectivity index (χ3v) is 4.31. The summed E-state index contributed by atoms with van der Waals surface area (Å²) in [5.41, 5.74) is 8.02. The lowest BCUT2D eigenvalue weighted by molar-refractivity contribution is 0.182. The molecule has 0 bridgehead atoms. The van der Waals surface area contributed by atoms with Crippen LogP contribution in [0.15, 0.2) is 24.3 Å². The first-order valence-electron chi connectivity index (χ1n) is 7.90. The minimum absolute atomic E-state index is 0.291. The topological polar surface area (TPSA) is 58.4 Å². The molecule has 116 valence electrons. The largest absolute Gasteiger partial charge is 0.351 e. The number of nitrogens with two attached hydrogens (primary N) is 1. The summed E-state index contributed by atoms with van der Waals surface area (Å²) in [6.45, 7) is 5.91. The third-order valence-electron chi connectivity index (χ3n) is 4.31. The molecule has 3 N–H and O–H groups in total. The molecule has 1 aliphatic heterocycles. The van der Waals surface area contributed by atoms with Gasteiger partial charge in [-0.15, -0.1) is 0 Å². The monoisotopic (exact) mass is 289 g/mol. The quantitative estimate of drug-likeness (QED) is 0.874. The molecule has 2 amide bonds. The van der Waals surface area contributed by atoms with Crippen LogP contribution < -0.4 is 11.1 Å². The van der Waals surface area contributed by atoms with Crippen molar-refractivity contribution in [2.75, 3.05) is 13.1 Å². The third kappa shape index (κ3) is 5.05. The summed E-state index contributed by atoms with van der Waals surface area (Å²) in [4.78, 5) is 12.8. The Morgan fingerprint density at radius 2 is 1.95 bits per heavy atom. The number of carbonyl (C=O) groups excluding carboxylic acids is 1.